The Bertz CT molecular complexity index is 1280. The van der Waals surface area contributed by atoms with Crippen LogP contribution in [0, 0.1) is 23.5 Å². The maximum absolute atomic E-state index is 14.9. The number of fused-ring (bicyclic) bond motifs is 1. The average Bonchev–Trinajstić information content (AvgIpc) is 3.34. The number of benzene rings is 3. The van der Waals surface area contributed by atoms with Gasteiger partial charge in [-0.2, -0.15) is 0 Å². The first-order valence-corrected chi connectivity index (χ1v) is 10.7. The average molecular weight is 462 g/mol. The molecule has 2 aliphatic heterocycles. The SMILES string of the molecule is COC(=O)[C@@]1(c2ccccc2)N[C@@H](c2ccccc2F)[C@H]2C(=O)N(c3ccc(F)cc3)C(=O)[C@@H]21. The van der Waals surface area contributed by atoms with Crippen molar-refractivity contribution in [2.24, 2.45) is 11.8 Å². The van der Waals surface area contributed by atoms with Crippen molar-refractivity contribution >= 4 is 23.5 Å². The van der Waals surface area contributed by atoms with Gasteiger partial charge in [0.15, 0.2) is 5.54 Å². The molecule has 1 N–H and O–H groups in total. The summed E-state index contributed by atoms with van der Waals surface area (Å²) in [5, 5.41) is 3.13. The molecule has 3 aromatic carbocycles. The van der Waals surface area contributed by atoms with Gasteiger partial charge < -0.3 is 4.74 Å². The largest absolute Gasteiger partial charge is 0.467 e. The molecule has 34 heavy (non-hydrogen) atoms. The van der Waals surface area contributed by atoms with Gasteiger partial charge in [0.25, 0.3) is 0 Å². The van der Waals surface area contributed by atoms with Crippen molar-refractivity contribution in [3.8, 4) is 0 Å². The molecular formula is C26H20F2N2O4. The van der Waals surface area contributed by atoms with Crippen LogP contribution in [0.2, 0.25) is 0 Å². The van der Waals surface area contributed by atoms with E-state index >= 15 is 0 Å². The molecule has 0 spiro atoms. The molecule has 5 rings (SSSR count). The number of halogens is 2. The van der Waals surface area contributed by atoms with E-state index in [1.54, 1.807) is 36.4 Å². The lowest BCUT2D eigenvalue weighted by Gasteiger charge is -2.33. The Kier molecular flexibility index (Phi) is 5.25. The zero-order chi connectivity index (χ0) is 24.0. The second-order valence-corrected chi connectivity index (χ2v) is 8.30. The highest BCUT2D eigenvalue weighted by Gasteiger charge is 2.70. The number of hydrogen-bond acceptors (Lipinski definition) is 5. The second kappa shape index (κ2) is 8.14. The van der Waals surface area contributed by atoms with E-state index in [2.05, 4.69) is 5.32 Å². The van der Waals surface area contributed by atoms with Gasteiger partial charge in [0.1, 0.15) is 11.6 Å². The van der Waals surface area contributed by atoms with Crippen LogP contribution in [0.5, 0.6) is 0 Å². The fraction of sp³-hybridized carbons (Fsp3) is 0.192. The van der Waals surface area contributed by atoms with Crippen molar-refractivity contribution in [2.45, 2.75) is 11.6 Å². The first kappa shape index (κ1) is 21.9. The fourth-order valence-electron chi connectivity index (χ4n) is 5.18. The lowest BCUT2D eigenvalue weighted by Crippen LogP contribution is -2.53. The molecule has 2 heterocycles. The van der Waals surface area contributed by atoms with Crippen LogP contribution in [-0.2, 0) is 24.7 Å². The van der Waals surface area contributed by atoms with Crippen LogP contribution in [0.15, 0.2) is 78.9 Å². The van der Waals surface area contributed by atoms with Gasteiger partial charge in [0.05, 0.1) is 24.6 Å². The highest BCUT2D eigenvalue weighted by Crippen LogP contribution is 2.54. The van der Waals surface area contributed by atoms with Crippen molar-refractivity contribution in [2.75, 3.05) is 12.0 Å². The maximum atomic E-state index is 14.9. The Balaban J connectivity index is 1.74. The summed E-state index contributed by atoms with van der Waals surface area (Å²) in [5.41, 5.74) is -1.00. The molecule has 4 atom stereocenters. The Labute approximate surface area is 194 Å². The minimum absolute atomic E-state index is 0.154. The van der Waals surface area contributed by atoms with Crippen LogP contribution in [0.3, 0.4) is 0 Å². The number of amides is 2. The van der Waals surface area contributed by atoms with Crippen LogP contribution in [0.1, 0.15) is 17.2 Å². The number of esters is 1. The number of nitrogens with one attached hydrogen (secondary N) is 1. The number of imide groups is 1. The molecule has 0 radical (unpaired) electrons. The molecule has 2 aliphatic rings. The monoisotopic (exact) mass is 462 g/mol. The van der Waals surface area contributed by atoms with Crippen molar-refractivity contribution < 1.29 is 27.9 Å². The predicted octanol–water partition coefficient (Wildman–Crippen LogP) is 3.48. The predicted molar refractivity (Wildman–Crippen MR) is 118 cm³/mol. The number of ether oxygens (including phenoxy) is 1. The number of methoxy groups -OCH3 is 1. The standard InChI is InChI=1S/C26H20F2N2O4/c1-34-25(33)26(15-7-3-2-4-8-15)21-20(22(29-26)18-9-5-6-10-19(18)28)23(31)30(24(21)32)17-13-11-16(27)12-14-17/h2-14,20-22,29H,1H3/t20-,21+,22-,26-/m0/s1. The van der Waals surface area contributed by atoms with Crippen molar-refractivity contribution in [3.63, 3.8) is 0 Å². The topological polar surface area (TPSA) is 75.7 Å². The van der Waals surface area contributed by atoms with Crippen LogP contribution in [0.25, 0.3) is 0 Å². The summed E-state index contributed by atoms with van der Waals surface area (Å²) < 4.78 is 33.6. The molecule has 0 aromatic heterocycles. The minimum atomic E-state index is -1.74. The Hall–Kier alpha value is -3.91. The van der Waals surface area contributed by atoms with E-state index in [1.165, 1.54) is 37.4 Å². The normalized spacial score (nSPS) is 26.0. The summed E-state index contributed by atoms with van der Waals surface area (Å²) in [7, 11) is 1.19. The number of rotatable bonds is 4. The molecule has 172 valence electrons. The Morgan fingerprint density at radius 1 is 0.912 bits per heavy atom. The molecule has 3 aromatic rings. The molecule has 2 amide bonds. The molecular weight excluding hydrogens is 442 g/mol. The lowest BCUT2D eigenvalue weighted by molar-refractivity contribution is -0.152. The summed E-state index contributed by atoms with van der Waals surface area (Å²) in [6.45, 7) is 0. The van der Waals surface area contributed by atoms with E-state index in [-0.39, 0.29) is 11.3 Å². The third kappa shape index (κ3) is 3.06. The number of carbonyl (C=O) groups is 3. The summed E-state index contributed by atoms with van der Waals surface area (Å²) >= 11 is 0. The van der Waals surface area contributed by atoms with Crippen molar-refractivity contribution in [1.29, 1.82) is 0 Å². The van der Waals surface area contributed by atoms with Gasteiger partial charge in [-0.25, -0.2) is 18.5 Å². The van der Waals surface area contributed by atoms with E-state index in [0.29, 0.717) is 5.56 Å². The summed E-state index contributed by atoms with van der Waals surface area (Å²) in [6, 6.07) is 18.3. The van der Waals surface area contributed by atoms with Crippen molar-refractivity contribution in [3.05, 3.63) is 102 Å². The van der Waals surface area contributed by atoms with Gasteiger partial charge >= 0.3 is 5.97 Å². The maximum Gasteiger partial charge on any atom is 0.331 e. The van der Waals surface area contributed by atoms with Gasteiger partial charge in [0.2, 0.25) is 11.8 Å². The van der Waals surface area contributed by atoms with Gasteiger partial charge in [0, 0.05) is 11.6 Å². The summed E-state index contributed by atoms with van der Waals surface area (Å²) in [6.07, 6.45) is 0. The zero-order valence-corrected chi connectivity index (χ0v) is 18.1. The van der Waals surface area contributed by atoms with Gasteiger partial charge in [-0.05, 0) is 35.9 Å². The smallest absolute Gasteiger partial charge is 0.331 e. The molecule has 0 bridgehead atoms. The number of carbonyl (C=O) groups excluding carboxylic acids is 3. The molecule has 6 nitrogen and oxygen atoms in total. The number of hydrogen-bond donors (Lipinski definition) is 1. The first-order chi connectivity index (χ1) is 16.4. The van der Waals surface area contributed by atoms with E-state index in [0.717, 1.165) is 17.0 Å². The highest BCUT2D eigenvalue weighted by atomic mass is 19.1. The Morgan fingerprint density at radius 3 is 2.21 bits per heavy atom. The third-order valence-corrected chi connectivity index (χ3v) is 6.62. The van der Waals surface area contributed by atoms with E-state index in [4.69, 9.17) is 4.74 Å². The van der Waals surface area contributed by atoms with E-state index in [9.17, 15) is 23.2 Å². The van der Waals surface area contributed by atoms with Crippen LogP contribution in [0.4, 0.5) is 14.5 Å². The highest BCUT2D eigenvalue weighted by molar-refractivity contribution is 6.24. The molecule has 2 saturated heterocycles. The summed E-state index contributed by atoms with van der Waals surface area (Å²) in [5.74, 6) is -5.45. The Morgan fingerprint density at radius 2 is 1.56 bits per heavy atom. The summed E-state index contributed by atoms with van der Waals surface area (Å²) in [4.78, 5) is 41.8. The number of nitrogens with zero attached hydrogens (tertiary/aromatic N) is 1. The molecule has 0 unspecified atom stereocenters. The van der Waals surface area contributed by atoms with Crippen LogP contribution >= 0.6 is 0 Å². The number of anilines is 1. The van der Waals surface area contributed by atoms with E-state index in [1.807, 2.05) is 0 Å². The fourth-order valence-corrected chi connectivity index (χ4v) is 5.18. The quantitative estimate of drug-likeness (QED) is 0.475. The van der Waals surface area contributed by atoms with Crippen LogP contribution < -0.4 is 10.2 Å². The molecule has 2 fully saturated rings. The first-order valence-electron chi connectivity index (χ1n) is 10.7. The van der Waals surface area contributed by atoms with E-state index < -0.39 is 52.8 Å². The lowest BCUT2D eigenvalue weighted by atomic mass is 9.75. The second-order valence-electron chi connectivity index (χ2n) is 8.30. The van der Waals surface area contributed by atoms with Gasteiger partial charge in [-0.1, -0.05) is 48.5 Å². The molecule has 8 heteroatoms. The van der Waals surface area contributed by atoms with Gasteiger partial charge in [-0.15, -0.1) is 0 Å². The van der Waals surface area contributed by atoms with Crippen LogP contribution in [-0.4, -0.2) is 24.9 Å². The minimum Gasteiger partial charge on any atom is -0.467 e. The molecule has 0 saturated carbocycles. The van der Waals surface area contributed by atoms with Crippen molar-refractivity contribution in [1.82, 2.24) is 5.32 Å². The molecule has 0 aliphatic carbocycles. The third-order valence-electron chi connectivity index (χ3n) is 6.62. The van der Waals surface area contributed by atoms with Gasteiger partial charge in [-0.3, -0.25) is 14.9 Å². The zero-order valence-electron chi connectivity index (χ0n) is 18.1.